The summed E-state index contributed by atoms with van der Waals surface area (Å²) in [6.45, 7) is 0. The maximum atomic E-state index is 5.11. The minimum Gasteiger partial charge on any atom is -0.327 e. The maximum absolute atomic E-state index is 5.11. The molecule has 6 nitrogen and oxygen atoms in total. The van der Waals surface area contributed by atoms with E-state index in [2.05, 4.69) is 128 Å². The summed E-state index contributed by atoms with van der Waals surface area (Å²) in [5.74, 6) is 0.917. The van der Waals surface area contributed by atoms with Gasteiger partial charge >= 0.3 is 0 Å². The van der Waals surface area contributed by atoms with Gasteiger partial charge in [0.15, 0.2) is 0 Å². The molecule has 0 radical (unpaired) electrons. The molecule has 0 aliphatic carbocycles. The Balaban J connectivity index is 1.26. The highest BCUT2D eigenvalue weighted by molar-refractivity contribution is 6.11. The highest BCUT2D eigenvalue weighted by atomic mass is 15.1. The lowest BCUT2D eigenvalue weighted by Crippen LogP contribution is -1.96. The van der Waals surface area contributed by atoms with E-state index in [4.69, 9.17) is 4.98 Å². The molecular weight excluding hydrogens is 576 g/mol. The average molecular weight is 605 g/mol. The molecule has 0 fully saturated rings. The molecule has 0 saturated carbocycles. The molecule has 9 aromatic rings. The van der Waals surface area contributed by atoms with Gasteiger partial charge in [-0.2, -0.15) is 0 Å². The summed E-state index contributed by atoms with van der Waals surface area (Å²) in [5, 5.41) is 2.36. The second-order valence-corrected chi connectivity index (χ2v) is 11.7. The molecular formula is C41H28N6. The van der Waals surface area contributed by atoms with Crippen LogP contribution in [0.4, 0.5) is 0 Å². The van der Waals surface area contributed by atoms with Crippen molar-refractivity contribution < 1.29 is 0 Å². The van der Waals surface area contributed by atoms with Crippen LogP contribution in [0.1, 0.15) is 0 Å². The van der Waals surface area contributed by atoms with Gasteiger partial charge in [0, 0.05) is 76.7 Å². The lowest BCUT2D eigenvalue weighted by atomic mass is 10.0. The van der Waals surface area contributed by atoms with Crippen molar-refractivity contribution in [3.8, 4) is 50.6 Å². The van der Waals surface area contributed by atoms with Crippen molar-refractivity contribution in [2.75, 3.05) is 0 Å². The lowest BCUT2D eigenvalue weighted by molar-refractivity contribution is 0.959. The summed E-state index contributed by atoms with van der Waals surface area (Å²) < 4.78 is 4.54. The Morgan fingerprint density at radius 3 is 2.00 bits per heavy atom. The number of rotatable bonds is 5. The number of hydrogen-bond acceptors (Lipinski definition) is 4. The van der Waals surface area contributed by atoms with Gasteiger partial charge in [-0.25, -0.2) is 4.98 Å². The van der Waals surface area contributed by atoms with Gasteiger partial charge in [-0.1, -0.05) is 54.6 Å². The first-order valence-electron chi connectivity index (χ1n) is 15.6. The molecule has 0 spiro atoms. The number of nitrogens with zero attached hydrogens (tertiary/aromatic N) is 6. The molecule has 222 valence electrons. The number of fused-ring (bicyclic) bond motifs is 4. The number of aromatic nitrogens is 6. The second kappa shape index (κ2) is 10.9. The van der Waals surface area contributed by atoms with Gasteiger partial charge in [-0.05, 0) is 77.9 Å². The molecule has 0 aliphatic rings. The highest BCUT2D eigenvalue weighted by Crippen LogP contribution is 2.38. The number of benzene rings is 4. The molecule has 0 bridgehead atoms. The number of hydrogen-bond donors (Lipinski definition) is 0. The zero-order chi connectivity index (χ0) is 31.3. The Kier molecular flexibility index (Phi) is 6.25. The van der Waals surface area contributed by atoms with Gasteiger partial charge in [-0.3, -0.25) is 15.0 Å². The zero-order valence-corrected chi connectivity index (χ0v) is 25.6. The first-order valence-corrected chi connectivity index (χ1v) is 15.6. The summed E-state index contributed by atoms with van der Waals surface area (Å²) in [7, 11) is 2.09. The predicted molar refractivity (Wildman–Crippen MR) is 190 cm³/mol. The Hall–Kier alpha value is -6.40. The minimum absolute atomic E-state index is 0.917. The Labute approximate surface area is 271 Å². The third-order valence-electron chi connectivity index (χ3n) is 8.96. The molecule has 0 unspecified atom stereocenters. The molecule has 0 N–H and O–H groups in total. The normalized spacial score (nSPS) is 11.5. The maximum Gasteiger partial charge on any atom is 0.140 e. The van der Waals surface area contributed by atoms with Crippen LogP contribution in [-0.2, 0) is 7.05 Å². The molecule has 0 amide bonds. The first-order chi connectivity index (χ1) is 23.2. The van der Waals surface area contributed by atoms with Crippen LogP contribution in [-0.4, -0.2) is 29.1 Å². The largest absolute Gasteiger partial charge is 0.327 e. The van der Waals surface area contributed by atoms with Crippen LogP contribution in [0.2, 0.25) is 0 Å². The van der Waals surface area contributed by atoms with Gasteiger partial charge in [0.2, 0.25) is 0 Å². The van der Waals surface area contributed by atoms with E-state index >= 15 is 0 Å². The van der Waals surface area contributed by atoms with E-state index < -0.39 is 0 Å². The summed E-state index contributed by atoms with van der Waals surface area (Å²) in [6, 6.07) is 42.6. The van der Waals surface area contributed by atoms with Gasteiger partial charge < -0.3 is 9.13 Å². The third-order valence-corrected chi connectivity index (χ3v) is 8.96. The molecule has 4 aromatic carbocycles. The monoisotopic (exact) mass is 604 g/mol. The van der Waals surface area contributed by atoms with Gasteiger partial charge in [0.25, 0.3) is 0 Å². The summed E-state index contributed by atoms with van der Waals surface area (Å²) >= 11 is 0. The van der Waals surface area contributed by atoms with Crippen molar-refractivity contribution in [2.45, 2.75) is 0 Å². The molecule has 0 atom stereocenters. The minimum atomic E-state index is 0.917. The fraction of sp³-hybridized carbons (Fsp3) is 0.0244. The van der Waals surface area contributed by atoms with Crippen molar-refractivity contribution in [1.82, 2.24) is 29.1 Å². The van der Waals surface area contributed by atoms with Crippen molar-refractivity contribution in [3.63, 3.8) is 0 Å². The van der Waals surface area contributed by atoms with Crippen LogP contribution in [0.25, 0.3) is 83.4 Å². The van der Waals surface area contributed by atoms with E-state index in [9.17, 15) is 0 Å². The highest BCUT2D eigenvalue weighted by Gasteiger charge is 2.18. The standard InChI is InChI=1S/C41H28N6/c1-46-40-23-28(32-9-6-19-43-26-32)13-16-37(40)45-41(46)30-12-15-34-35-22-27(31-8-5-18-42-25-31)14-17-38(35)47(39(34)24-30)33-10-4-7-29(21-33)36-11-2-3-20-44-36/h2-26H,1H3. The number of pyridine rings is 3. The molecule has 9 rings (SSSR count). The van der Waals surface area contributed by atoms with Gasteiger partial charge in [0.05, 0.1) is 27.8 Å². The van der Waals surface area contributed by atoms with Crippen LogP contribution in [0, 0.1) is 0 Å². The lowest BCUT2D eigenvalue weighted by Gasteiger charge is -2.11. The van der Waals surface area contributed by atoms with Gasteiger partial charge in [0.1, 0.15) is 5.82 Å². The van der Waals surface area contributed by atoms with Gasteiger partial charge in [-0.15, -0.1) is 0 Å². The van der Waals surface area contributed by atoms with Crippen molar-refractivity contribution in [2.24, 2.45) is 7.05 Å². The van der Waals surface area contributed by atoms with E-state index in [0.29, 0.717) is 0 Å². The topological polar surface area (TPSA) is 61.4 Å². The molecule has 6 heteroatoms. The summed E-state index contributed by atoms with van der Waals surface area (Å²) in [5.41, 5.74) is 12.9. The van der Waals surface area contributed by atoms with Crippen LogP contribution in [0.5, 0.6) is 0 Å². The second-order valence-electron chi connectivity index (χ2n) is 11.7. The van der Waals surface area contributed by atoms with E-state index in [1.165, 1.54) is 10.8 Å². The van der Waals surface area contributed by atoms with E-state index in [1.54, 1.807) is 6.20 Å². The van der Waals surface area contributed by atoms with Crippen LogP contribution in [0.15, 0.2) is 152 Å². The Morgan fingerprint density at radius 1 is 0.489 bits per heavy atom. The molecule has 0 saturated heterocycles. The average Bonchev–Trinajstić information content (AvgIpc) is 3.66. The molecule has 47 heavy (non-hydrogen) atoms. The zero-order valence-electron chi connectivity index (χ0n) is 25.6. The quantitative estimate of drug-likeness (QED) is 0.196. The van der Waals surface area contributed by atoms with Crippen molar-refractivity contribution >= 4 is 32.8 Å². The third kappa shape index (κ3) is 4.58. The molecule has 5 aromatic heterocycles. The molecule has 5 heterocycles. The fourth-order valence-corrected chi connectivity index (χ4v) is 6.65. The summed E-state index contributed by atoms with van der Waals surface area (Å²) in [4.78, 5) is 18.4. The smallest absolute Gasteiger partial charge is 0.140 e. The fourth-order valence-electron chi connectivity index (χ4n) is 6.65. The summed E-state index contributed by atoms with van der Waals surface area (Å²) in [6.07, 6.45) is 9.26. The van der Waals surface area contributed by atoms with Crippen molar-refractivity contribution in [1.29, 1.82) is 0 Å². The molecule has 0 aliphatic heterocycles. The number of imidazole rings is 1. The van der Waals surface area contributed by atoms with Crippen molar-refractivity contribution in [3.05, 3.63) is 152 Å². The van der Waals surface area contributed by atoms with Crippen LogP contribution in [0.3, 0.4) is 0 Å². The van der Waals surface area contributed by atoms with E-state index in [-0.39, 0.29) is 0 Å². The Morgan fingerprint density at radius 2 is 1.23 bits per heavy atom. The van der Waals surface area contributed by atoms with E-state index in [1.807, 2.05) is 49.1 Å². The first kappa shape index (κ1) is 27.0. The number of aryl methyl sites for hydroxylation is 1. The van der Waals surface area contributed by atoms with Crippen LogP contribution >= 0.6 is 0 Å². The predicted octanol–water partition coefficient (Wildman–Crippen LogP) is 9.52. The SMILES string of the molecule is Cn1c(-c2ccc3c4cc(-c5cccnc5)ccc4n(-c4cccc(-c5ccccn5)c4)c3c2)nc2ccc(-c3cccnc3)cc21. The van der Waals surface area contributed by atoms with Crippen LogP contribution < -0.4 is 0 Å². The van der Waals surface area contributed by atoms with E-state index in [0.717, 1.165) is 72.7 Å². The Bertz CT molecular complexity index is 2570.